The fourth-order valence-electron chi connectivity index (χ4n) is 3.19. The van der Waals surface area contributed by atoms with Gasteiger partial charge in [-0.1, -0.05) is 24.3 Å². The molecule has 0 saturated heterocycles. The number of carbonyl (C=O) groups excluding carboxylic acids is 1. The summed E-state index contributed by atoms with van der Waals surface area (Å²) in [5, 5.41) is 3.45. The second-order valence-electron chi connectivity index (χ2n) is 6.85. The first-order valence-corrected chi connectivity index (χ1v) is 9.13. The Morgan fingerprint density at radius 3 is 2.63 bits per heavy atom. The second kappa shape index (κ2) is 7.31. The Hall–Kier alpha value is -3.02. The van der Waals surface area contributed by atoms with Gasteiger partial charge in [-0.25, -0.2) is 9.37 Å². The van der Waals surface area contributed by atoms with Crippen molar-refractivity contribution >= 4 is 16.8 Å². The zero-order chi connectivity index (χ0) is 18.8. The Kier molecular flexibility index (Phi) is 4.71. The lowest BCUT2D eigenvalue weighted by Crippen LogP contribution is -2.27. The molecule has 1 amide bonds. The Morgan fingerprint density at radius 1 is 1.15 bits per heavy atom. The van der Waals surface area contributed by atoms with Crippen LogP contribution in [0.3, 0.4) is 0 Å². The van der Waals surface area contributed by atoms with E-state index in [1.165, 1.54) is 12.1 Å². The van der Waals surface area contributed by atoms with E-state index in [1.54, 1.807) is 22.8 Å². The van der Waals surface area contributed by atoms with Gasteiger partial charge in [0.2, 0.25) is 5.91 Å². The number of nitrogens with one attached hydrogen (secondary N) is 1. The first-order valence-electron chi connectivity index (χ1n) is 9.13. The molecule has 0 unspecified atom stereocenters. The van der Waals surface area contributed by atoms with Crippen molar-refractivity contribution in [3.63, 3.8) is 0 Å². The Labute approximate surface area is 155 Å². The second-order valence-corrected chi connectivity index (χ2v) is 6.85. The first kappa shape index (κ1) is 17.4. The van der Waals surface area contributed by atoms with Crippen LogP contribution in [-0.2, 0) is 17.8 Å². The van der Waals surface area contributed by atoms with Gasteiger partial charge < -0.3 is 5.32 Å². The van der Waals surface area contributed by atoms with Crippen molar-refractivity contribution in [2.45, 2.75) is 38.3 Å². The minimum atomic E-state index is -0.300. The van der Waals surface area contributed by atoms with Crippen LogP contribution in [0.25, 0.3) is 10.9 Å². The molecule has 0 atom stereocenters. The molecule has 6 heteroatoms. The van der Waals surface area contributed by atoms with Crippen molar-refractivity contribution in [1.82, 2.24) is 14.9 Å². The molecule has 2 aromatic carbocycles. The molecule has 1 saturated carbocycles. The van der Waals surface area contributed by atoms with E-state index < -0.39 is 0 Å². The van der Waals surface area contributed by atoms with Crippen LogP contribution in [0.1, 0.15) is 36.7 Å². The van der Waals surface area contributed by atoms with Crippen LogP contribution in [0.2, 0.25) is 0 Å². The summed E-state index contributed by atoms with van der Waals surface area (Å²) in [4.78, 5) is 29.6. The summed E-state index contributed by atoms with van der Waals surface area (Å²) in [6.07, 6.45) is 2.61. The molecule has 1 aliphatic carbocycles. The molecule has 1 fully saturated rings. The Bertz CT molecular complexity index is 1040. The summed E-state index contributed by atoms with van der Waals surface area (Å²) in [5.74, 6) is 0.243. The first-order chi connectivity index (χ1) is 13.1. The van der Waals surface area contributed by atoms with Crippen molar-refractivity contribution in [2.75, 3.05) is 0 Å². The molecule has 0 spiro atoms. The van der Waals surface area contributed by atoms with E-state index in [0.717, 1.165) is 18.4 Å². The van der Waals surface area contributed by atoms with Crippen LogP contribution in [-0.4, -0.2) is 15.5 Å². The lowest BCUT2D eigenvalue weighted by Gasteiger charge is -2.13. The maximum atomic E-state index is 12.9. The molecule has 27 heavy (non-hydrogen) atoms. The highest BCUT2D eigenvalue weighted by Crippen LogP contribution is 2.34. The third-order valence-corrected chi connectivity index (χ3v) is 4.77. The van der Waals surface area contributed by atoms with Crippen LogP contribution < -0.4 is 10.9 Å². The quantitative estimate of drug-likeness (QED) is 0.730. The lowest BCUT2D eigenvalue weighted by atomic mass is 10.2. The highest BCUT2D eigenvalue weighted by Gasteiger charge is 2.28. The molecule has 4 rings (SSSR count). The number of hydrogen-bond acceptors (Lipinski definition) is 3. The van der Waals surface area contributed by atoms with Crippen molar-refractivity contribution in [2.24, 2.45) is 0 Å². The molecular formula is C21H20FN3O2. The predicted octanol–water partition coefficient (Wildman–Crippen LogP) is 3.12. The Morgan fingerprint density at radius 2 is 1.89 bits per heavy atom. The number of aryl methyl sites for hydroxylation is 1. The largest absolute Gasteiger partial charge is 0.352 e. The SMILES string of the molecule is O=C(CCc1nc2ccccc2c(=O)n1C1CC1)NCc1ccc(F)cc1. The lowest BCUT2D eigenvalue weighted by molar-refractivity contribution is -0.121. The molecule has 1 aromatic heterocycles. The molecule has 1 aliphatic rings. The van der Waals surface area contributed by atoms with Crippen LogP contribution in [0.4, 0.5) is 4.39 Å². The number of fused-ring (bicyclic) bond motifs is 1. The molecule has 138 valence electrons. The van der Waals surface area contributed by atoms with Gasteiger partial charge in [-0.15, -0.1) is 0 Å². The van der Waals surface area contributed by atoms with Crippen LogP contribution in [0.5, 0.6) is 0 Å². The molecule has 3 aromatic rings. The number of amides is 1. The van der Waals surface area contributed by atoms with Crippen LogP contribution in [0, 0.1) is 5.82 Å². The normalized spacial score (nSPS) is 13.7. The van der Waals surface area contributed by atoms with Crippen molar-refractivity contribution in [3.05, 3.63) is 76.1 Å². The summed E-state index contributed by atoms with van der Waals surface area (Å²) >= 11 is 0. The number of para-hydroxylation sites is 1. The minimum Gasteiger partial charge on any atom is -0.352 e. The molecular weight excluding hydrogens is 345 g/mol. The number of nitrogens with zero attached hydrogens (tertiary/aromatic N) is 2. The highest BCUT2D eigenvalue weighted by molar-refractivity contribution is 5.78. The standard InChI is InChI=1S/C21H20FN3O2/c22-15-7-5-14(6-8-15)13-23-20(26)12-11-19-24-18-4-2-1-3-17(18)21(27)25(19)16-9-10-16/h1-8,16H,9-13H2,(H,23,26). The Balaban J connectivity index is 1.46. The third kappa shape index (κ3) is 3.89. The number of carbonyl (C=O) groups is 1. The average Bonchev–Trinajstić information content (AvgIpc) is 3.51. The highest BCUT2D eigenvalue weighted by atomic mass is 19.1. The predicted molar refractivity (Wildman–Crippen MR) is 101 cm³/mol. The van der Waals surface area contributed by atoms with Crippen molar-refractivity contribution in [1.29, 1.82) is 0 Å². The van der Waals surface area contributed by atoms with Crippen LogP contribution >= 0.6 is 0 Å². The number of aromatic nitrogens is 2. The molecule has 1 heterocycles. The molecule has 1 N–H and O–H groups in total. The molecule has 0 radical (unpaired) electrons. The summed E-state index contributed by atoms with van der Waals surface area (Å²) in [5.41, 5.74) is 1.48. The monoisotopic (exact) mass is 365 g/mol. The van der Waals surface area contributed by atoms with Gasteiger partial charge in [0, 0.05) is 25.4 Å². The summed E-state index contributed by atoms with van der Waals surface area (Å²) in [6, 6.07) is 13.5. The number of hydrogen-bond donors (Lipinski definition) is 1. The van der Waals surface area contributed by atoms with E-state index in [1.807, 2.05) is 18.2 Å². The zero-order valence-electron chi connectivity index (χ0n) is 14.8. The molecule has 5 nitrogen and oxygen atoms in total. The van der Waals surface area contributed by atoms with Gasteiger partial charge in [0.05, 0.1) is 10.9 Å². The number of halogens is 1. The smallest absolute Gasteiger partial charge is 0.261 e. The van der Waals surface area contributed by atoms with Gasteiger partial charge in [0.1, 0.15) is 11.6 Å². The van der Waals surface area contributed by atoms with Gasteiger partial charge >= 0.3 is 0 Å². The van der Waals surface area contributed by atoms with E-state index in [2.05, 4.69) is 10.3 Å². The third-order valence-electron chi connectivity index (χ3n) is 4.77. The van der Waals surface area contributed by atoms with E-state index in [0.29, 0.717) is 29.7 Å². The van der Waals surface area contributed by atoms with Gasteiger partial charge in [-0.2, -0.15) is 0 Å². The minimum absolute atomic E-state index is 0.0233. The van der Waals surface area contributed by atoms with E-state index in [9.17, 15) is 14.0 Å². The summed E-state index contributed by atoms with van der Waals surface area (Å²) in [6.45, 7) is 0.347. The fourth-order valence-corrected chi connectivity index (χ4v) is 3.19. The van der Waals surface area contributed by atoms with Gasteiger partial charge in [0.25, 0.3) is 5.56 Å². The van der Waals surface area contributed by atoms with Crippen molar-refractivity contribution < 1.29 is 9.18 Å². The van der Waals surface area contributed by atoms with Gasteiger partial charge in [0.15, 0.2) is 0 Å². The maximum absolute atomic E-state index is 12.9. The molecule has 0 bridgehead atoms. The topological polar surface area (TPSA) is 64.0 Å². The van der Waals surface area contributed by atoms with E-state index >= 15 is 0 Å². The summed E-state index contributed by atoms with van der Waals surface area (Å²) < 4.78 is 14.7. The van der Waals surface area contributed by atoms with E-state index in [-0.39, 0.29) is 29.7 Å². The zero-order valence-corrected chi connectivity index (χ0v) is 14.8. The molecule has 0 aliphatic heterocycles. The van der Waals surface area contributed by atoms with Crippen molar-refractivity contribution in [3.8, 4) is 0 Å². The number of benzene rings is 2. The maximum Gasteiger partial charge on any atom is 0.261 e. The fraction of sp³-hybridized carbons (Fsp3) is 0.286. The summed E-state index contributed by atoms with van der Waals surface area (Å²) in [7, 11) is 0. The number of rotatable bonds is 6. The van der Waals surface area contributed by atoms with Crippen LogP contribution in [0.15, 0.2) is 53.3 Å². The van der Waals surface area contributed by atoms with E-state index in [4.69, 9.17) is 0 Å². The van der Waals surface area contributed by atoms with Gasteiger partial charge in [-0.05, 0) is 42.7 Å². The van der Waals surface area contributed by atoms with Gasteiger partial charge in [-0.3, -0.25) is 14.2 Å². The average molecular weight is 365 g/mol.